The van der Waals surface area contributed by atoms with Crippen molar-refractivity contribution in [3.63, 3.8) is 0 Å². The molecule has 0 saturated heterocycles. The summed E-state index contributed by atoms with van der Waals surface area (Å²) in [7, 11) is 1.36. The second kappa shape index (κ2) is 4.74. The third kappa shape index (κ3) is 1.81. The van der Waals surface area contributed by atoms with Gasteiger partial charge < -0.3 is 20.1 Å². The van der Waals surface area contributed by atoms with E-state index in [-0.39, 0.29) is 39.5 Å². The van der Waals surface area contributed by atoms with E-state index in [1.54, 1.807) is 6.92 Å². The Morgan fingerprint density at radius 3 is 1.87 bits per heavy atom. The number of phenols is 3. The Morgan fingerprint density at radius 1 is 0.826 bits per heavy atom. The van der Waals surface area contributed by atoms with Crippen molar-refractivity contribution in [3.8, 4) is 23.0 Å². The lowest BCUT2D eigenvalue weighted by Crippen LogP contribution is -2.22. The highest BCUT2D eigenvalue weighted by Gasteiger charge is 2.38. The summed E-state index contributed by atoms with van der Waals surface area (Å²) in [6, 6.07) is 2.54. The zero-order chi connectivity index (χ0) is 17.0. The van der Waals surface area contributed by atoms with Crippen LogP contribution in [0.25, 0.3) is 0 Å². The Hall–Kier alpha value is -3.02. The van der Waals surface area contributed by atoms with Gasteiger partial charge in [-0.2, -0.15) is 0 Å². The zero-order valence-corrected chi connectivity index (χ0v) is 12.7. The average molecular weight is 314 g/mol. The number of phenolic OH excluding ortho intramolecular Hbond substituents is 3. The van der Waals surface area contributed by atoms with Crippen LogP contribution in [0.5, 0.6) is 23.0 Å². The summed E-state index contributed by atoms with van der Waals surface area (Å²) in [6.07, 6.45) is 0. The molecule has 0 aromatic heterocycles. The third-order valence-corrected chi connectivity index (χ3v) is 4.25. The van der Waals surface area contributed by atoms with Gasteiger partial charge in [-0.05, 0) is 31.0 Å². The van der Waals surface area contributed by atoms with Gasteiger partial charge in [0.25, 0.3) is 0 Å². The van der Waals surface area contributed by atoms with E-state index in [1.165, 1.54) is 26.2 Å². The topological polar surface area (TPSA) is 104 Å². The fourth-order valence-corrected chi connectivity index (χ4v) is 2.81. The van der Waals surface area contributed by atoms with Crippen molar-refractivity contribution >= 4 is 11.6 Å². The van der Waals surface area contributed by atoms with E-state index in [2.05, 4.69) is 0 Å². The van der Waals surface area contributed by atoms with Crippen LogP contribution in [0.2, 0.25) is 0 Å². The Kier molecular flexibility index (Phi) is 3.07. The Morgan fingerprint density at radius 2 is 1.35 bits per heavy atom. The van der Waals surface area contributed by atoms with Gasteiger partial charge in [-0.1, -0.05) is 0 Å². The van der Waals surface area contributed by atoms with Crippen molar-refractivity contribution in [2.24, 2.45) is 0 Å². The van der Waals surface area contributed by atoms with Crippen LogP contribution in [0, 0.1) is 13.8 Å². The van der Waals surface area contributed by atoms with Gasteiger partial charge in [0.2, 0.25) is 5.78 Å². The van der Waals surface area contributed by atoms with Gasteiger partial charge in [0.1, 0.15) is 23.0 Å². The molecular formula is C17H14O6. The quantitative estimate of drug-likeness (QED) is 0.595. The lowest BCUT2D eigenvalue weighted by Gasteiger charge is -2.23. The molecule has 2 aromatic carbocycles. The van der Waals surface area contributed by atoms with Crippen LogP contribution in [-0.2, 0) is 0 Å². The fraction of sp³-hybridized carbons (Fsp3) is 0.176. The predicted molar refractivity (Wildman–Crippen MR) is 80.8 cm³/mol. The molecule has 0 radical (unpaired) electrons. The second-order valence-corrected chi connectivity index (χ2v) is 5.42. The molecule has 0 unspecified atom stereocenters. The van der Waals surface area contributed by atoms with Crippen LogP contribution >= 0.6 is 0 Å². The Balaban J connectivity index is 2.43. The summed E-state index contributed by atoms with van der Waals surface area (Å²) < 4.78 is 4.99. The maximum absolute atomic E-state index is 12.7. The summed E-state index contributed by atoms with van der Waals surface area (Å²) in [5.74, 6) is -2.29. The molecule has 0 saturated carbocycles. The monoisotopic (exact) mass is 314 g/mol. The smallest absolute Gasteiger partial charge is 0.202 e. The number of ketones is 2. The molecule has 2 aromatic rings. The second-order valence-electron chi connectivity index (χ2n) is 5.42. The van der Waals surface area contributed by atoms with E-state index >= 15 is 0 Å². The van der Waals surface area contributed by atoms with Crippen LogP contribution in [0.15, 0.2) is 12.1 Å². The molecule has 1 aliphatic rings. The van der Waals surface area contributed by atoms with Crippen LogP contribution < -0.4 is 4.74 Å². The number of aromatic hydroxyl groups is 3. The van der Waals surface area contributed by atoms with Crippen molar-refractivity contribution in [2.45, 2.75) is 13.8 Å². The molecule has 3 rings (SSSR count). The van der Waals surface area contributed by atoms with Crippen molar-refractivity contribution in [1.29, 1.82) is 0 Å². The lowest BCUT2D eigenvalue weighted by molar-refractivity contribution is 0.0971. The molecule has 6 heteroatoms. The van der Waals surface area contributed by atoms with Gasteiger partial charge in [-0.3, -0.25) is 9.59 Å². The van der Waals surface area contributed by atoms with Crippen LogP contribution in [0.1, 0.15) is 43.0 Å². The van der Waals surface area contributed by atoms with E-state index in [0.717, 1.165) is 0 Å². The van der Waals surface area contributed by atoms with E-state index in [0.29, 0.717) is 11.1 Å². The molecule has 0 heterocycles. The molecule has 0 amide bonds. The number of methoxy groups -OCH3 is 1. The number of benzene rings is 2. The molecule has 3 N–H and O–H groups in total. The average Bonchev–Trinajstić information content (AvgIpc) is 2.53. The van der Waals surface area contributed by atoms with Gasteiger partial charge in [-0.15, -0.1) is 0 Å². The van der Waals surface area contributed by atoms with E-state index in [9.17, 15) is 24.9 Å². The Bertz CT molecular complexity index is 895. The van der Waals surface area contributed by atoms with E-state index in [4.69, 9.17) is 4.74 Å². The van der Waals surface area contributed by atoms with Crippen molar-refractivity contribution < 1.29 is 29.6 Å². The summed E-state index contributed by atoms with van der Waals surface area (Å²) in [6.45, 7) is 3.08. The molecule has 0 atom stereocenters. The Labute approximate surface area is 131 Å². The first-order valence-corrected chi connectivity index (χ1v) is 6.85. The van der Waals surface area contributed by atoms with Gasteiger partial charge in [0.15, 0.2) is 5.78 Å². The molecule has 23 heavy (non-hydrogen) atoms. The highest BCUT2D eigenvalue weighted by Crippen LogP contribution is 2.44. The first-order valence-electron chi connectivity index (χ1n) is 6.85. The fourth-order valence-electron chi connectivity index (χ4n) is 2.81. The number of rotatable bonds is 1. The minimum absolute atomic E-state index is 0.0719. The molecular weight excluding hydrogens is 300 g/mol. The minimum Gasteiger partial charge on any atom is -0.507 e. The lowest BCUT2D eigenvalue weighted by atomic mass is 9.80. The zero-order valence-electron chi connectivity index (χ0n) is 12.7. The first kappa shape index (κ1) is 14.9. The van der Waals surface area contributed by atoms with Gasteiger partial charge in [-0.25, -0.2) is 0 Å². The molecule has 0 fully saturated rings. The normalized spacial score (nSPS) is 12.8. The third-order valence-electron chi connectivity index (χ3n) is 4.25. The van der Waals surface area contributed by atoms with Crippen LogP contribution in [0.4, 0.5) is 0 Å². The SMILES string of the molecule is COc1cc(O)c2c(c1)C(=O)c1c(O)c(C)c(C)c(O)c1C2=O. The minimum atomic E-state index is -0.717. The predicted octanol–water partition coefficient (Wildman–Crippen LogP) is 2.20. The number of hydrogen-bond donors (Lipinski definition) is 3. The number of carbonyl (C=O) groups is 2. The van der Waals surface area contributed by atoms with Gasteiger partial charge >= 0.3 is 0 Å². The number of fused-ring (bicyclic) bond motifs is 2. The number of hydrogen-bond acceptors (Lipinski definition) is 6. The number of carbonyl (C=O) groups excluding carboxylic acids is 2. The van der Waals surface area contributed by atoms with Gasteiger partial charge in [0, 0.05) is 11.6 Å². The molecule has 118 valence electrons. The molecule has 6 nitrogen and oxygen atoms in total. The van der Waals surface area contributed by atoms with Crippen molar-refractivity contribution in [2.75, 3.05) is 7.11 Å². The summed E-state index contributed by atoms with van der Waals surface area (Å²) >= 11 is 0. The van der Waals surface area contributed by atoms with Crippen LogP contribution in [0.3, 0.4) is 0 Å². The molecule has 0 aliphatic heterocycles. The standard InChI is InChI=1S/C17H14O6/c1-6-7(2)15(20)13-12(14(6)19)16(21)9-4-8(23-3)5-10(18)11(9)17(13)22/h4-5,18-20H,1-3H3. The van der Waals surface area contributed by atoms with Crippen molar-refractivity contribution in [3.05, 3.63) is 45.5 Å². The maximum Gasteiger partial charge on any atom is 0.202 e. The maximum atomic E-state index is 12.7. The highest BCUT2D eigenvalue weighted by molar-refractivity contribution is 6.31. The molecule has 1 aliphatic carbocycles. The largest absolute Gasteiger partial charge is 0.507 e. The summed E-state index contributed by atoms with van der Waals surface area (Å²) in [5, 5.41) is 30.6. The van der Waals surface area contributed by atoms with Gasteiger partial charge in [0.05, 0.1) is 23.8 Å². The first-order chi connectivity index (χ1) is 10.8. The highest BCUT2D eigenvalue weighted by atomic mass is 16.5. The van der Waals surface area contributed by atoms with Crippen molar-refractivity contribution in [1.82, 2.24) is 0 Å². The molecule has 0 spiro atoms. The summed E-state index contributed by atoms with van der Waals surface area (Å²) in [4.78, 5) is 25.4. The molecule has 0 bridgehead atoms. The van der Waals surface area contributed by atoms with E-state index < -0.39 is 17.3 Å². The van der Waals surface area contributed by atoms with E-state index in [1.807, 2.05) is 0 Å². The summed E-state index contributed by atoms with van der Waals surface area (Å²) in [5.41, 5.74) is -0.199. The number of ether oxygens (including phenoxy) is 1. The van der Waals surface area contributed by atoms with Crippen LogP contribution in [-0.4, -0.2) is 34.0 Å².